The number of hydrogen-bond donors (Lipinski definition) is 0. The maximum absolute atomic E-state index is 12.9. The molecule has 0 aliphatic heterocycles. The lowest BCUT2D eigenvalue weighted by Gasteiger charge is -2.28. The summed E-state index contributed by atoms with van der Waals surface area (Å²) in [7, 11) is 1.19. The molecule has 0 aromatic carbocycles. The number of unbranched alkanes of at least 4 members (excludes halogenated alkanes) is 50. The Morgan fingerprint density at radius 3 is 0.941 bits per heavy atom. The van der Waals surface area contributed by atoms with Crippen molar-refractivity contribution in [3.63, 3.8) is 0 Å². The fourth-order valence-corrected chi connectivity index (χ4v) is 11.9. The van der Waals surface area contributed by atoms with Gasteiger partial charge in [0.25, 0.3) is 7.82 Å². The molecular formula is C75H144NO8P. The Hall–Kier alpha value is -1.77. The van der Waals surface area contributed by atoms with Crippen LogP contribution in [0.5, 0.6) is 0 Å². The highest BCUT2D eigenvalue weighted by Crippen LogP contribution is 2.38. The van der Waals surface area contributed by atoms with Crippen LogP contribution in [0, 0.1) is 0 Å². The number of carbonyl (C=O) groups excluding carboxylic acids is 2. The maximum atomic E-state index is 12.9. The standard InChI is InChI=1S/C75H144NO8P/c1-6-8-10-12-14-16-18-20-22-24-26-28-30-31-32-33-34-35-36-37-38-39-40-41-42-43-44-45-46-48-50-52-54-56-58-60-62-64-66-68-75(78)84-73(72-83-85(79,80)82-70-69-76(3,4)5)71-81-74(77)67-65-63-61-59-57-55-53-51-49-47-29-27-25-23-21-19-17-15-13-11-9-7-2/h18,20,24,26,30-31,73H,6-17,19,21-23,25,27-29,32-72H2,1-5H3/b20-18-,26-24-,31-30-. The van der Waals surface area contributed by atoms with E-state index in [1.54, 1.807) is 0 Å². The number of esters is 2. The van der Waals surface area contributed by atoms with Gasteiger partial charge < -0.3 is 27.9 Å². The minimum Gasteiger partial charge on any atom is -0.756 e. The number of quaternary nitrogens is 1. The van der Waals surface area contributed by atoms with E-state index in [1.165, 1.54) is 302 Å². The summed E-state index contributed by atoms with van der Waals surface area (Å²) in [5, 5.41) is 0. The maximum Gasteiger partial charge on any atom is 0.306 e. The molecule has 10 heteroatoms. The zero-order chi connectivity index (χ0) is 61.9. The summed E-state index contributed by atoms with van der Waals surface area (Å²) in [5.74, 6) is -0.808. The van der Waals surface area contributed by atoms with Gasteiger partial charge in [0.15, 0.2) is 6.10 Å². The number of nitrogens with zero attached hydrogens (tertiary/aromatic N) is 1. The molecule has 0 aliphatic carbocycles. The summed E-state index contributed by atoms with van der Waals surface area (Å²) in [6, 6.07) is 0. The van der Waals surface area contributed by atoms with E-state index >= 15 is 0 Å². The molecule has 0 aliphatic rings. The molecule has 0 aromatic rings. The second-order valence-corrected chi connectivity index (χ2v) is 28.1. The van der Waals surface area contributed by atoms with Gasteiger partial charge in [-0.25, -0.2) is 0 Å². The molecule has 9 nitrogen and oxygen atoms in total. The van der Waals surface area contributed by atoms with E-state index in [-0.39, 0.29) is 32.0 Å². The fraction of sp³-hybridized carbons (Fsp3) is 0.893. The lowest BCUT2D eigenvalue weighted by molar-refractivity contribution is -0.870. The van der Waals surface area contributed by atoms with E-state index in [0.717, 1.165) is 44.9 Å². The van der Waals surface area contributed by atoms with Crippen molar-refractivity contribution >= 4 is 19.8 Å². The Morgan fingerprint density at radius 1 is 0.365 bits per heavy atom. The van der Waals surface area contributed by atoms with Gasteiger partial charge in [-0.05, 0) is 51.4 Å². The number of carbonyl (C=O) groups is 2. The highest BCUT2D eigenvalue weighted by Gasteiger charge is 2.22. The first-order chi connectivity index (χ1) is 41.5. The number of hydrogen-bond acceptors (Lipinski definition) is 8. The van der Waals surface area contributed by atoms with Crippen LogP contribution in [-0.2, 0) is 32.7 Å². The molecule has 2 unspecified atom stereocenters. The van der Waals surface area contributed by atoms with Crippen LogP contribution in [0.1, 0.15) is 380 Å². The topological polar surface area (TPSA) is 111 Å². The molecular weight excluding hydrogens is 1070 g/mol. The Balaban J connectivity index is 3.91. The van der Waals surface area contributed by atoms with E-state index < -0.39 is 26.5 Å². The molecule has 0 amide bonds. The van der Waals surface area contributed by atoms with Gasteiger partial charge in [-0.3, -0.25) is 14.2 Å². The monoisotopic (exact) mass is 1220 g/mol. The molecule has 0 fully saturated rings. The van der Waals surface area contributed by atoms with Crippen LogP contribution in [0.4, 0.5) is 0 Å². The van der Waals surface area contributed by atoms with Crippen LogP contribution in [0.15, 0.2) is 36.5 Å². The minimum absolute atomic E-state index is 0.0268. The lowest BCUT2D eigenvalue weighted by atomic mass is 10.0. The zero-order valence-electron chi connectivity index (χ0n) is 57.3. The largest absolute Gasteiger partial charge is 0.756 e. The molecule has 0 saturated carbocycles. The number of ether oxygens (including phenoxy) is 2. The summed E-state index contributed by atoms with van der Waals surface area (Å²) in [5.41, 5.74) is 0. The van der Waals surface area contributed by atoms with Crippen LogP contribution in [0.3, 0.4) is 0 Å². The summed E-state index contributed by atoms with van der Waals surface area (Å²) in [6.07, 6.45) is 85.4. The first-order valence-electron chi connectivity index (χ1n) is 37.2. The number of rotatable bonds is 70. The van der Waals surface area contributed by atoms with Gasteiger partial charge in [-0.2, -0.15) is 0 Å². The van der Waals surface area contributed by atoms with Gasteiger partial charge in [0, 0.05) is 12.8 Å². The van der Waals surface area contributed by atoms with Crippen molar-refractivity contribution in [2.45, 2.75) is 386 Å². The Morgan fingerprint density at radius 2 is 0.635 bits per heavy atom. The van der Waals surface area contributed by atoms with Gasteiger partial charge >= 0.3 is 11.9 Å². The van der Waals surface area contributed by atoms with Crippen molar-refractivity contribution in [1.82, 2.24) is 0 Å². The van der Waals surface area contributed by atoms with Gasteiger partial charge in [-0.15, -0.1) is 0 Å². The number of likely N-dealkylation sites (N-methyl/N-ethyl adjacent to an activating group) is 1. The molecule has 0 saturated heterocycles. The van der Waals surface area contributed by atoms with E-state index in [9.17, 15) is 19.0 Å². The van der Waals surface area contributed by atoms with Crippen molar-refractivity contribution in [1.29, 1.82) is 0 Å². The van der Waals surface area contributed by atoms with Crippen LogP contribution < -0.4 is 4.89 Å². The SMILES string of the molecule is CCCCCCC/C=C\C/C=C\C/C=C\CCCCCCCCCCCCCCCCCCCCCCCCCCC(=O)OC(COC(=O)CCCCCCCCCCCCCCCCCCCCCCCC)COP(=O)([O-])OCC[N+](C)(C)C. The third kappa shape index (κ3) is 71.2. The Labute approximate surface area is 529 Å². The van der Waals surface area contributed by atoms with Crippen molar-refractivity contribution < 1.29 is 42.1 Å². The molecule has 502 valence electrons. The van der Waals surface area contributed by atoms with Crippen molar-refractivity contribution in [3.05, 3.63) is 36.5 Å². The molecule has 0 bridgehead atoms. The van der Waals surface area contributed by atoms with Crippen LogP contribution in [0.2, 0.25) is 0 Å². The zero-order valence-corrected chi connectivity index (χ0v) is 58.2. The lowest BCUT2D eigenvalue weighted by Crippen LogP contribution is -2.37. The van der Waals surface area contributed by atoms with Crippen molar-refractivity contribution in [3.8, 4) is 0 Å². The smallest absolute Gasteiger partial charge is 0.306 e. The van der Waals surface area contributed by atoms with Crippen LogP contribution in [-0.4, -0.2) is 70.0 Å². The molecule has 0 radical (unpaired) electrons. The molecule has 0 rings (SSSR count). The third-order valence-corrected chi connectivity index (χ3v) is 17.9. The van der Waals surface area contributed by atoms with Gasteiger partial charge in [-0.1, -0.05) is 352 Å². The van der Waals surface area contributed by atoms with Gasteiger partial charge in [0.1, 0.15) is 19.8 Å². The van der Waals surface area contributed by atoms with E-state index in [0.29, 0.717) is 17.4 Å². The first-order valence-corrected chi connectivity index (χ1v) is 38.7. The number of phosphoric ester groups is 1. The number of phosphoric acid groups is 1. The molecule has 85 heavy (non-hydrogen) atoms. The molecule has 0 N–H and O–H groups in total. The predicted octanol–water partition coefficient (Wildman–Crippen LogP) is 23.6. The second-order valence-electron chi connectivity index (χ2n) is 26.7. The molecule has 0 heterocycles. The summed E-state index contributed by atoms with van der Waals surface area (Å²) < 4.78 is 34.4. The van der Waals surface area contributed by atoms with Crippen molar-refractivity contribution in [2.24, 2.45) is 0 Å². The number of allylic oxidation sites excluding steroid dienone is 6. The minimum atomic E-state index is -4.64. The first kappa shape index (κ1) is 83.2. The van der Waals surface area contributed by atoms with Crippen LogP contribution in [0.25, 0.3) is 0 Å². The van der Waals surface area contributed by atoms with Gasteiger partial charge in [0.05, 0.1) is 27.7 Å². The molecule has 0 spiro atoms. The average Bonchev–Trinajstić information content (AvgIpc) is 3.50. The summed E-state index contributed by atoms with van der Waals surface area (Å²) in [4.78, 5) is 38.1. The van der Waals surface area contributed by atoms with Crippen LogP contribution >= 0.6 is 7.82 Å². The van der Waals surface area contributed by atoms with Crippen molar-refractivity contribution in [2.75, 3.05) is 47.5 Å². The quantitative estimate of drug-likeness (QED) is 0.0195. The third-order valence-electron chi connectivity index (χ3n) is 16.9. The normalized spacial score (nSPS) is 13.2. The summed E-state index contributed by atoms with van der Waals surface area (Å²) in [6.45, 7) is 4.31. The van der Waals surface area contributed by atoms with E-state index in [1.807, 2.05) is 21.1 Å². The Bertz CT molecular complexity index is 1530. The van der Waals surface area contributed by atoms with E-state index in [4.69, 9.17) is 18.5 Å². The second kappa shape index (κ2) is 66.6. The average molecular weight is 1220 g/mol. The van der Waals surface area contributed by atoms with E-state index in [2.05, 4.69) is 50.3 Å². The van der Waals surface area contributed by atoms with Gasteiger partial charge in [0.2, 0.25) is 0 Å². The predicted molar refractivity (Wildman–Crippen MR) is 365 cm³/mol. The highest BCUT2D eigenvalue weighted by atomic mass is 31.2. The summed E-state index contributed by atoms with van der Waals surface area (Å²) >= 11 is 0. The molecule has 2 atom stereocenters. The fourth-order valence-electron chi connectivity index (χ4n) is 11.2. The highest BCUT2D eigenvalue weighted by molar-refractivity contribution is 7.45. The molecule has 0 aromatic heterocycles. The Kier molecular flexibility index (Phi) is 65.3.